The quantitative estimate of drug-likeness (QED) is 0.559. The zero-order valence-electron chi connectivity index (χ0n) is 15.7. The van der Waals surface area contributed by atoms with Gasteiger partial charge >= 0.3 is 0 Å². The lowest BCUT2D eigenvalue weighted by molar-refractivity contribution is 0.277. The first kappa shape index (κ1) is 21.3. The van der Waals surface area contributed by atoms with Gasteiger partial charge in [0.15, 0.2) is 0 Å². The SMILES string of the molecule is Cc1ccc(S(=O)(=O)c2nc(-c3ccccc3Cl)oc2N(CCO)CCO)cc1. The summed E-state index contributed by atoms with van der Waals surface area (Å²) in [7, 11) is -4.02. The van der Waals surface area contributed by atoms with Crippen LogP contribution in [0.15, 0.2) is 62.9 Å². The van der Waals surface area contributed by atoms with Crippen molar-refractivity contribution in [3.63, 3.8) is 0 Å². The minimum absolute atomic E-state index is 0.0390. The Morgan fingerprint density at radius 3 is 2.24 bits per heavy atom. The van der Waals surface area contributed by atoms with Crippen LogP contribution in [0.3, 0.4) is 0 Å². The minimum atomic E-state index is -4.02. The fourth-order valence-corrected chi connectivity index (χ4v) is 4.35. The zero-order chi connectivity index (χ0) is 21.0. The van der Waals surface area contributed by atoms with E-state index in [2.05, 4.69) is 4.98 Å². The molecule has 0 radical (unpaired) electrons. The number of rotatable bonds is 8. The number of aryl methyl sites for hydroxylation is 1. The van der Waals surface area contributed by atoms with Crippen LogP contribution in [0.5, 0.6) is 0 Å². The second-order valence-corrected chi connectivity index (χ2v) is 8.63. The van der Waals surface area contributed by atoms with Crippen molar-refractivity contribution in [3.8, 4) is 11.5 Å². The van der Waals surface area contributed by atoms with Gasteiger partial charge < -0.3 is 19.5 Å². The second kappa shape index (κ2) is 8.96. The number of sulfone groups is 1. The van der Waals surface area contributed by atoms with Crippen LogP contribution in [-0.2, 0) is 9.84 Å². The summed E-state index contributed by atoms with van der Waals surface area (Å²) in [6.07, 6.45) is 0. The molecule has 9 heteroatoms. The third-order valence-electron chi connectivity index (χ3n) is 4.30. The molecule has 3 aromatic rings. The number of benzene rings is 2. The van der Waals surface area contributed by atoms with Crippen LogP contribution in [0.2, 0.25) is 5.02 Å². The molecule has 0 unspecified atom stereocenters. The summed E-state index contributed by atoms with van der Waals surface area (Å²) in [5.74, 6) is -0.0132. The lowest BCUT2D eigenvalue weighted by Gasteiger charge is -2.20. The van der Waals surface area contributed by atoms with Crippen molar-refractivity contribution in [1.82, 2.24) is 4.98 Å². The molecule has 0 saturated carbocycles. The van der Waals surface area contributed by atoms with E-state index in [4.69, 9.17) is 16.0 Å². The molecule has 1 heterocycles. The Balaban J connectivity index is 2.20. The van der Waals surface area contributed by atoms with Crippen LogP contribution in [0.1, 0.15) is 5.56 Å². The molecule has 154 valence electrons. The van der Waals surface area contributed by atoms with Crippen molar-refractivity contribution >= 4 is 27.3 Å². The van der Waals surface area contributed by atoms with Gasteiger partial charge in [-0.1, -0.05) is 41.4 Å². The number of nitrogens with zero attached hydrogens (tertiary/aromatic N) is 2. The average Bonchev–Trinajstić information content (AvgIpc) is 3.14. The van der Waals surface area contributed by atoms with Crippen LogP contribution >= 0.6 is 11.6 Å². The summed E-state index contributed by atoms with van der Waals surface area (Å²) in [5, 5.41) is 18.8. The fourth-order valence-electron chi connectivity index (χ4n) is 2.81. The Morgan fingerprint density at radius 1 is 1.03 bits per heavy atom. The first-order chi connectivity index (χ1) is 13.9. The highest BCUT2D eigenvalue weighted by atomic mass is 35.5. The Bertz CT molecular complexity index is 1070. The molecular weight excluding hydrogens is 416 g/mol. The van der Waals surface area contributed by atoms with E-state index >= 15 is 0 Å². The van der Waals surface area contributed by atoms with Gasteiger partial charge in [-0.05, 0) is 31.2 Å². The van der Waals surface area contributed by atoms with Gasteiger partial charge in [0.2, 0.25) is 26.6 Å². The maximum absolute atomic E-state index is 13.3. The Labute approximate surface area is 174 Å². The lowest BCUT2D eigenvalue weighted by atomic mass is 10.2. The van der Waals surface area contributed by atoms with E-state index in [0.29, 0.717) is 10.6 Å². The maximum atomic E-state index is 13.3. The van der Waals surface area contributed by atoms with E-state index in [1.165, 1.54) is 17.0 Å². The summed E-state index contributed by atoms with van der Waals surface area (Å²) in [6, 6.07) is 13.2. The summed E-state index contributed by atoms with van der Waals surface area (Å²) in [4.78, 5) is 5.76. The van der Waals surface area contributed by atoms with E-state index in [0.717, 1.165) is 5.56 Å². The molecule has 0 atom stereocenters. The highest BCUT2D eigenvalue weighted by molar-refractivity contribution is 7.91. The molecular formula is C20H21ClN2O5S. The van der Waals surface area contributed by atoms with Crippen LogP contribution in [-0.4, -0.2) is 49.9 Å². The van der Waals surface area contributed by atoms with Crippen molar-refractivity contribution in [3.05, 3.63) is 59.1 Å². The van der Waals surface area contributed by atoms with E-state index in [9.17, 15) is 18.6 Å². The topological polar surface area (TPSA) is 104 Å². The zero-order valence-corrected chi connectivity index (χ0v) is 17.3. The summed E-state index contributed by atoms with van der Waals surface area (Å²) in [5.41, 5.74) is 1.36. The first-order valence-electron chi connectivity index (χ1n) is 8.92. The summed E-state index contributed by atoms with van der Waals surface area (Å²) < 4.78 is 32.4. The number of halogens is 1. The molecule has 3 rings (SSSR count). The Hall–Kier alpha value is -2.39. The van der Waals surface area contributed by atoms with Crippen molar-refractivity contribution < 1.29 is 23.0 Å². The van der Waals surface area contributed by atoms with Crippen LogP contribution < -0.4 is 4.90 Å². The van der Waals surface area contributed by atoms with Gasteiger partial charge in [0.05, 0.1) is 28.7 Å². The number of hydrogen-bond acceptors (Lipinski definition) is 7. The Morgan fingerprint density at radius 2 is 1.66 bits per heavy atom. The van der Waals surface area contributed by atoms with E-state index in [-0.39, 0.29) is 48.0 Å². The maximum Gasteiger partial charge on any atom is 0.236 e. The van der Waals surface area contributed by atoms with Crippen LogP contribution in [0.25, 0.3) is 11.5 Å². The molecule has 0 fully saturated rings. The van der Waals surface area contributed by atoms with E-state index in [1.807, 2.05) is 6.92 Å². The third-order valence-corrected chi connectivity index (χ3v) is 6.29. The highest BCUT2D eigenvalue weighted by Crippen LogP contribution is 2.36. The molecule has 0 bridgehead atoms. The van der Waals surface area contributed by atoms with Gasteiger partial charge in [-0.15, -0.1) is 0 Å². The number of aliphatic hydroxyl groups is 2. The van der Waals surface area contributed by atoms with Crippen molar-refractivity contribution in [1.29, 1.82) is 0 Å². The number of aromatic nitrogens is 1. The van der Waals surface area contributed by atoms with Crippen molar-refractivity contribution in [2.45, 2.75) is 16.8 Å². The number of anilines is 1. The highest BCUT2D eigenvalue weighted by Gasteiger charge is 2.31. The normalized spacial score (nSPS) is 11.6. The molecule has 29 heavy (non-hydrogen) atoms. The number of aliphatic hydroxyl groups excluding tert-OH is 2. The van der Waals surface area contributed by atoms with E-state index < -0.39 is 9.84 Å². The van der Waals surface area contributed by atoms with Gasteiger partial charge in [-0.25, -0.2) is 8.42 Å². The summed E-state index contributed by atoms with van der Waals surface area (Å²) in [6.45, 7) is 1.47. The van der Waals surface area contributed by atoms with Gasteiger partial charge in [0, 0.05) is 13.1 Å². The molecule has 7 nitrogen and oxygen atoms in total. The van der Waals surface area contributed by atoms with Crippen molar-refractivity contribution in [2.75, 3.05) is 31.2 Å². The third kappa shape index (κ3) is 4.45. The minimum Gasteiger partial charge on any atom is -0.419 e. The van der Waals surface area contributed by atoms with Crippen LogP contribution in [0, 0.1) is 6.92 Å². The second-order valence-electron chi connectivity index (χ2n) is 6.36. The van der Waals surface area contributed by atoms with Gasteiger partial charge in [0.25, 0.3) is 0 Å². The van der Waals surface area contributed by atoms with Gasteiger partial charge in [-0.2, -0.15) is 4.98 Å². The average molecular weight is 437 g/mol. The van der Waals surface area contributed by atoms with Gasteiger partial charge in [-0.3, -0.25) is 0 Å². The molecule has 0 amide bonds. The number of oxazole rings is 1. The smallest absolute Gasteiger partial charge is 0.236 e. The lowest BCUT2D eigenvalue weighted by Crippen LogP contribution is -2.30. The van der Waals surface area contributed by atoms with Gasteiger partial charge in [0.1, 0.15) is 0 Å². The fraction of sp³-hybridized carbons (Fsp3) is 0.250. The predicted molar refractivity (Wildman–Crippen MR) is 110 cm³/mol. The first-order valence-corrected chi connectivity index (χ1v) is 10.8. The van der Waals surface area contributed by atoms with Crippen LogP contribution in [0.4, 0.5) is 5.88 Å². The molecule has 0 saturated heterocycles. The Kier molecular flexibility index (Phi) is 6.59. The largest absolute Gasteiger partial charge is 0.419 e. The molecule has 0 aliphatic heterocycles. The monoisotopic (exact) mass is 436 g/mol. The summed E-state index contributed by atoms with van der Waals surface area (Å²) >= 11 is 6.23. The molecule has 2 N–H and O–H groups in total. The molecule has 0 aliphatic carbocycles. The van der Waals surface area contributed by atoms with E-state index in [1.54, 1.807) is 36.4 Å². The molecule has 0 aliphatic rings. The van der Waals surface area contributed by atoms with Crippen molar-refractivity contribution in [2.24, 2.45) is 0 Å². The molecule has 0 spiro atoms. The predicted octanol–water partition coefficient (Wildman–Crippen LogP) is 2.93. The molecule has 1 aromatic heterocycles. The molecule has 2 aromatic carbocycles. The number of hydrogen-bond donors (Lipinski definition) is 2. The standard InChI is InChI=1S/C20H21ClN2O5S/c1-14-6-8-15(9-7-14)29(26,27)19-20(23(10-12-24)11-13-25)28-18(22-19)16-4-2-3-5-17(16)21/h2-9,24-25H,10-13H2,1H3.